The Morgan fingerprint density at radius 1 is 0.778 bits per heavy atom. The lowest BCUT2D eigenvalue weighted by Gasteiger charge is -2.07. The summed E-state index contributed by atoms with van der Waals surface area (Å²) in [6, 6.07) is 15.9. The van der Waals surface area contributed by atoms with Crippen LogP contribution >= 0.6 is 0 Å². The van der Waals surface area contributed by atoms with Gasteiger partial charge in [0.1, 0.15) is 0 Å². The van der Waals surface area contributed by atoms with Crippen molar-refractivity contribution in [1.82, 2.24) is 0 Å². The lowest BCUT2D eigenvalue weighted by molar-refractivity contribution is -0.137. The van der Waals surface area contributed by atoms with Crippen molar-refractivity contribution < 1.29 is 13.2 Å². The molecule has 0 aliphatic rings. The number of alkyl halides is 3. The molecule has 0 saturated carbocycles. The van der Waals surface area contributed by atoms with E-state index in [9.17, 15) is 13.2 Å². The second kappa shape index (κ2) is 5.25. The van der Waals surface area contributed by atoms with Gasteiger partial charge in [0.25, 0.3) is 0 Å². The first-order valence-electron chi connectivity index (χ1n) is 5.67. The summed E-state index contributed by atoms with van der Waals surface area (Å²) in [5.41, 5.74) is 1.48. The lowest BCUT2D eigenvalue weighted by Crippen LogP contribution is -2.04. The van der Waals surface area contributed by atoms with Gasteiger partial charge in [0.15, 0.2) is 0 Å². The number of aryl methyl sites for hydroxylation is 2. The SMILES string of the molecule is FC(F)(F)c1ccc(CCc2cc[c]cc2)cc1. The zero-order chi connectivity index (χ0) is 13.0. The minimum Gasteiger partial charge on any atom is -0.166 e. The van der Waals surface area contributed by atoms with Crippen LogP contribution in [0.2, 0.25) is 0 Å². The molecule has 0 aliphatic heterocycles. The van der Waals surface area contributed by atoms with Gasteiger partial charge in [-0.05, 0) is 42.2 Å². The Morgan fingerprint density at radius 2 is 1.28 bits per heavy atom. The zero-order valence-electron chi connectivity index (χ0n) is 9.67. The number of hydrogen-bond acceptors (Lipinski definition) is 0. The summed E-state index contributed by atoms with van der Waals surface area (Å²) < 4.78 is 37.1. The molecule has 0 N–H and O–H groups in total. The third-order valence-electron chi connectivity index (χ3n) is 2.77. The van der Waals surface area contributed by atoms with Crippen LogP contribution in [0, 0.1) is 6.07 Å². The molecule has 0 spiro atoms. The maximum Gasteiger partial charge on any atom is 0.416 e. The van der Waals surface area contributed by atoms with Crippen LogP contribution in [-0.4, -0.2) is 0 Å². The van der Waals surface area contributed by atoms with E-state index < -0.39 is 11.7 Å². The van der Waals surface area contributed by atoms with E-state index in [2.05, 4.69) is 6.07 Å². The van der Waals surface area contributed by atoms with E-state index >= 15 is 0 Å². The van der Waals surface area contributed by atoms with Crippen LogP contribution in [0.5, 0.6) is 0 Å². The predicted octanol–water partition coefficient (Wildman–Crippen LogP) is 4.29. The highest BCUT2D eigenvalue weighted by atomic mass is 19.4. The van der Waals surface area contributed by atoms with Crippen LogP contribution < -0.4 is 0 Å². The first-order chi connectivity index (χ1) is 8.55. The van der Waals surface area contributed by atoms with Gasteiger partial charge in [0.2, 0.25) is 0 Å². The van der Waals surface area contributed by atoms with Crippen molar-refractivity contribution in [2.75, 3.05) is 0 Å². The molecular weight excluding hydrogens is 237 g/mol. The van der Waals surface area contributed by atoms with Crippen LogP contribution in [0.1, 0.15) is 16.7 Å². The van der Waals surface area contributed by atoms with Gasteiger partial charge in [0.05, 0.1) is 5.56 Å². The fraction of sp³-hybridized carbons (Fsp3) is 0.200. The molecule has 0 fully saturated rings. The van der Waals surface area contributed by atoms with Crippen molar-refractivity contribution in [3.8, 4) is 0 Å². The summed E-state index contributed by atoms with van der Waals surface area (Å²) in [5.74, 6) is 0. The molecule has 2 rings (SSSR count). The highest BCUT2D eigenvalue weighted by molar-refractivity contribution is 5.25. The molecule has 0 heterocycles. The van der Waals surface area contributed by atoms with Crippen molar-refractivity contribution in [3.05, 3.63) is 71.3 Å². The molecule has 0 bridgehead atoms. The molecular formula is C15H12F3. The summed E-state index contributed by atoms with van der Waals surface area (Å²) in [4.78, 5) is 0. The predicted molar refractivity (Wildman–Crippen MR) is 64.1 cm³/mol. The van der Waals surface area contributed by atoms with E-state index in [-0.39, 0.29) is 0 Å². The monoisotopic (exact) mass is 249 g/mol. The maximum absolute atomic E-state index is 12.4. The fourth-order valence-corrected chi connectivity index (χ4v) is 1.74. The molecule has 2 aromatic carbocycles. The van der Waals surface area contributed by atoms with Crippen LogP contribution in [-0.2, 0) is 19.0 Å². The molecule has 93 valence electrons. The number of hydrogen-bond donors (Lipinski definition) is 0. The Hall–Kier alpha value is -1.77. The minimum atomic E-state index is -4.26. The Balaban J connectivity index is 1.99. The summed E-state index contributed by atoms with van der Waals surface area (Å²) in [5, 5.41) is 0. The molecule has 0 saturated heterocycles. The van der Waals surface area contributed by atoms with E-state index in [1.807, 2.05) is 24.3 Å². The first-order valence-corrected chi connectivity index (χ1v) is 5.67. The highest BCUT2D eigenvalue weighted by Gasteiger charge is 2.29. The topological polar surface area (TPSA) is 0 Å². The van der Waals surface area contributed by atoms with Crippen molar-refractivity contribution in [2.24, 2.45) is 0 Å². The van der Waals surface area contributed by atoms with Crippen molar-refractivity contribution in [3.63, 3.8) is 0 Å². The summed E-state index contributed by atoms with van der Waals surface area (Å²) in [6.45, 7) is 0. The Kier molecular flexibility index (Phi) is 3.70. The standard InChI is InChI=1S/C15H12F3/c16-15(17,18)14-10-8-13(9-11-14)7-6-12-4-2-1-3-5-12/h2-5,8-11H,6-7H2. The van der Waals surface area contributed by atoms with E-state index in [1.54, 1.807) is 0 Å². The van der Waals surface area contributed by atoms with Crippen LogP contribution in [0.4, 0.5) is 13.2 Å². The summed E-state index contributed by atoms with van der Waals surface area (Å²) >= 11 is 0. The number of rotatable bonds is 3. The lowest BCUT2D eigenvalue weighted by atomic mass is 10.0. The molecule has 0 aliphatic carbocycles. The molecule has 0 amide bonds. The van der Waals surface area contributed by atoms with Gasteiger partial charge in [-0.25, -0.2) is 0 Å². The molecule has 3 heteroatoms. The average Bonchev–Trinajstić information content (AvgIpc) is 2.37. The van der Waals surface area contributed by atoms with Gasteiger partial charge in [-0.1, -0.05) is 36.4 Å². The molecule has 1 radical (unpaired) electrons. The van der Waals surface area contributed by atoms with E-state index in [1.165, 1.54) is 12.1 Å². The van der Waals surface area contributed by atoms with Gasteiger partial charge in [-0.2, -0.15) is 13.2 Å². The normalized spacial score (nSPS) is 11.5. The highest BCUT2D eigenvalue weighted by Crippen LogP contribution is 2.29. The van der Waals surface area contributed by atoms with Gasteiger partial charge in [-0.15, -0.1) is 0 Å². The number of benzene rings is 2. The van der Waals surface area contributed by atoms with Gasteiger partial charge in [-0.3, -0.25) is 0 Å². The number of halogens is 3. The fourth-order valence-electron chi connectivity index (χ4n) is 1.74. The Bertz CT molecular complexity index is 483. The minimum absolute atomic E-state index is 0.597. The molecule has 0 unspecified atom stereocenters. The molecule has 18 heavy (non-hydrogen) atoms. The Labute approximate surface area is 104 Å². The van der Waals surface area contributed by atoms with E-state index in [0.29, 0.717) is 0 Å². The second-order valence-electron chi connectivity index (χ2n) is 4.10. The van der Waals surface area contributed by atoms with Crippen molar-refractivity contribution in [2.45, 2.75) is 19.0 Å². The average molecular weight is 249 g/mol. The van der Waals surface area contributed by atoms with Crippen LogP contribution in [0.15, 0.2) is 48.5 Å². The maximum atomic E-state index is 12.4. The van der Waals surface area contributed by atoms with Gasteiger partial charge < -0.3 is 0 Å². The second-order valence-corrected chi connectivity index (χ2v) is 4.10. The first kappa shape index (κ1) is 12.7. The largest absolute Gasteiger partial charge is 0.416 e. The Morgan fingerprint density at radius 3 is 1.78 bits per heavy atom. The molecule has 0 nitrogen and oxygen atoms in total. The van der Waals surface area contributed by atoms with Crippen LogP contribution in [0.25, 0.3) is 0 Å². The van der Waals surface area contributed by atoms with E-state index in [4.69, 9.17) is 0 Å². The molecule has 0 aromatic heterocycles. The van der Waals surface area contributed by atoms with Gasteiger partial charge >= 0.3 is 6.18 Å². The van der Waals surface area contributed by atoms with Gasteiger partial charge in [0, 0.05) is 0 Å². The van der Waals surface area contributed by atoms with Crippen LogP contribution in [0.3, 0.4) is 0 Å². The quantitative estimate of drug-likeness (QED) is 0.761. The summed E-state index contributed by atoms with van der Waals surface area (Å²) in [6.07, 6.45) is -2.70. The molecule has 2 aromatic rings. The smallest absolute Gasteiger partial charge is 0.166 e. The summed E-state index contributed by atoms with van der Waals surface area (Å²) in [7, 11) is 0. The van der Waals surface area contributed by atoms with Crippen molar-refractivity contribution in [1.29, 1.82) is 0 Å². The molecule has 0 atom stereocenters. The third kappa shape index (κ3) is 3.36. The van der Waals surface area contributed by atoms with Crippen molar-refractivity contribution >= 4 is 0 Å². The zero-order valence-corrected chi connectivity index (χ0v) is 9.67. The van der Waals surface area contributed by atoms with E-state index in [0.717, 1.165) is 36.1 Å². The third-order valence-corrected chi connectivity index (χ3v) is 2.77.